The second-order valence-corrected chi connectivity index (χ2v) is 12.8. The van der Waals surface area contributed by atoms with E-state index in [2.05, 4.69) is 5.32 Å². The van der Waals surface area contributed by atoms with Gasteiger partial charge in [0.2, 0.25) is 11.8 Å². The van der Waals surface area contributed by atoms with Gasteiger partial charge in [0.15, 0.2) is 9.84 Å². The van der Waals surface area contributed by atoms with Gasteiger partial charge in [-0.3, -0.25) is 14.5 Å². The molecule has 0 radical (unpaired) electrons. The molecule has 9 nitrogen and oxygen atoms in total. The third kappa shape index (κ3) is 7.56. The highest BCUT2D eigenvalue weighted by Crippen LogP contribution is 2.24. The van der Waals surface area contributed by atoms with E-state index < -0.39 is 45.4 Å². The van der Waals surface area contributed by atoms with Gasteiger partial charge in [-0.15, -0.1) is 0 Å². The lowest BCUT2D eigenvalue weighted by Gasteiger charge is -2.36. The zero-order valence-corrected chi connectivity index (χ0v) is 23.2. The number of hydrogen-bond donors (Lipinski definition) is 2. The number of rotatable bonds is 8. The van der Waals surface area contributed by atoms with Crippen LogP contribution in [0.1, 0.15) is 52.5 Å². The van der Waals surface area contributed by atoms with Crippen LogP contribution in [0, 0.1) is 0 Å². The maximum absolute atomic E-state index is 13.1. The molecule has 3 rings (SSSR count). The van der Waals surface area contributed by atoms with Crippen molar-refractivity contribution in [3.63, 3.8) is 0 Å². The highest BCUT2D eigenvalue weighted by Gasteiger charge is 2.36. The van der Waals surface area contributed by atoms with Gasteiger partial charge in [-0.1, -0.05) is 43.3 Å². The van der Waals surface area contributed by atoms with Crippen molar-refractivity contribution in [1.82, 2.24) is 10.2 Å². The predicted molar refractivity (Wildman–Crippen MR) is 145 cm³/mol. The largest absolute Gasteiger partial charge is 0.444 e. The minimum Gasteiger partial charge on any atom is -0.444 e. The van der Waals surface area contributed by atoms with Crippen molar-refractivity contribution in [2.24, 2.45) is 5.73 Å². The van der Waals surface area contributed by atoms with Crippen molar-refractivity contribution in [3.8, 4) is 11.1 Å². The van der Waals surface area contributed by atoms with Gasteiger partial charge < -0.3 is 15.8 Å². The Morgan fingerprint density at radius 2 is 1.61 bits per heavy atom. The van der Waals surface area contributed by atoms with E-state index in [4.69, 9.17) is 10.5 Å². The number of nitrogens with two attached hydrogens (primary N) is 1. The highest BCUT2D eigenvalue weighted by molar-refractivity contribution is 7.91. The van der Waals surface area contributed by atoms with Gasteiger partial charge in [0, 0.05) is 13.0 Å². The fourth-order valence-corrected chi connectivity index (χ4v) is 5.21. The summed E-state index contributed by atoms with van der Waals surface area (Å²) in [6, 6.07) is 12.4. The van der Waals surface area contributed by atoms with Crippen molar-refractivity contribution in [1.29, 1.82) is 0 Å². The third-order valence-corrected chi connectivity index (χ3v) is 8.16. The molecule has 0 spiro atoms. The molecule has 206 valence electrons. The summed E-state index contributed by atoms with van der Waals surface area (Å²) in [6.45, 7) is 7.32. The molecule has 38 heavy (non-hydrogen) atoms. The summed E-state index contributed by atoms with van der Waals surface area (Å²) in [5.41, 5.74) is 7.45. The molecule has 10 heteroatoms. The van der Waals surface area contributed by atoms with Crippen LogP contribution in [0.15, 0.2) is 53.4 Å². The average Bonchev–Trinajstić information content (AvgIpc) is 2.87. The molecule has 1 heterocycles. The molecule has 3 amide bonds. The number of carbonyl (C=O) groups excluding carboxylic acids is 3. The molecule has 1 aliphatic rings. The van der Waals surface area contributed by atoms with Crippen molar-refractivity contribution >= 4 is 27.7 Å². The number of sulfone groups is 1. The van der Waals surface area contributed by atoms with E-state index in [1.165, 1.54) is 4.90 Å². The first kappa shape index (κ1) is 29.2. The molecule has 1 aliphatic heterocycles. The number of benzene rings is 2. The minimum atomic E-state index is -3.27. The maximum Gasteiger partial charge on any atom is 0.410 e. The number of nitrogens with zero attached hydrogens (tertiary/aromatic N) is 1. The number of nitrogens with one attached hydrogen (secondary N) is 1. The topological polar surface area (TPSA) is 136 Å². The van der Waals surface area contributed by atoms with Gasteiger partial charge >= 0.3 is 6.09 Å². The van der Waals surface area contributed by atoms with Gasteiger partial charge in [-0.05, 0) is 68.9 Å². The molecule has 0 aromatic heterocycles. The summed E-state index contributed by atoms with van der Waals surface area (Å²) in [5, 5.41) is 2.73. The first-order valence-corrected chi connectivity index (χ1v) is 14.5. The molecule has 0 saturated carbocycles. The van der Waals surface area contributed by atoms with Crippen molar-refractivity contribution < 1.29 is 27.5 Å². The van der Waals surface area contributed by atoms with Crippen LogP contribution in [0.5, 0.6) is 0 Å². The molecule has 0 aliphatic carbocycles. The normalized spacial score (nSPS) is 16.9. The summed E-state index contributed by atoms with van der Waals surface area (Å²) in [5.74, 6) is -1.06. The van der Waals surface area contributed by atoms with Crippen LogP contribution in [0.25, 0.3) is 11.1 Å². The van der Waals surface area contributed by atoms with E-state index in [0.29, 0.717) is 13.0 Å². The SMILES string of the molecule is CCS(=O)(=O)c1ccc(-c2ccc(C[C@H](NC(=O)[C@@H]3CCCCN3C(=O)OC(C)(C)C)C(N)=O)cc2)cc1. The summed E-state index contributed by atoms with van der Waals surface area (Å²) in [4.78, 5) is 39.7. The maximum atomic E-state index is 13.1. The zero-order valence-electron chi connectivity index (χ0n) is 22.4. The molecule has 2 aromatic rings. The summed E-state index contributed by atoms with van der Waals surface area (Å²) in [7, 11) is -3.27. The second-order valence-electron chi connectivity index (χ2n) is 10.5. The average molecular weight is 544 g/mol. The van der Waals surface area contributed by atoms with Gasteiger partial charge in [-0.25, -0.2) is 13.2 Å². The first-order chi connectivity index (χ1) is 17.8. The summed E-state index contributed by atoms with van der Waals surface area (Å²) < 4.78 is 29.6. The molecule has 0 bridgehead atoms. The van der Waals surface area contributed by atoms with Crippen LogP contribution in [-0.4, -0.2) is 61.2 Å². The van der Waals surface area contributed by atoms with E-state index in [-0.39, 0.29) is 17.1 Å². The predicted octanol–water partition coefficient (Wildman–Crippen LogP) is 3.45. The van der Waals surface area contributed by atoms with Crippen LogP contribution < -0.4 is 11.1 Å². The van der Waals surface area contributed by atoms with E-state index in [0.717, 1.165) is 29.5 Å². The molecule has 1 saturated heterocycles. The minimum absolute atomic E-state index is 0.0401. The van der Waals surface area contributed by atoms with Crippen molar-refractivity contribution in [2.45, 2.75) is 76.0 Å². The van der Waals surface area contributed by atoms with E-state index in [1.54, 1.807) is 52.0 Å². The van der Waals surface area contributed by atoms with E-state index >= 15 is 0 Å². The number of amides is 3. The Morgan fingerprint density at radius 1 is 1.03 bits per heavy atom. The second kappa shape index (κ2) is 12.0. The van der Waals surface area contributed by atoms with Gasteiger partial charge in [-0.2, -0.15) is 0 Å². The number of piperidine rings is 1. The van der Waals surface area contributed by atoms with Crippen molar-refractivity contribution in [2.75, 3.05) is 12.3 Å². The smallest absolute Gasteiger partial charge is 0.410 e. The van der Waals surface area contributed by atoms with Gasteiger partial charge in [0.05, 0.1) is 10.6 Å². The monoisotopic (exact) mass is 543 g/mol. The first-order valence-electron chi connectivity index (χ1n) is 12.8. The molecule has 0 unspecified atom stereocenters. The number of ether oxygens (including phenoxy) is 1. The lowest BCUT2D eigenvalue weighted by molar-refractivity contribution is -0.131. The van der Waals surface area contributed by atoms with Crippen LogP contribution in [-0.2, 0) is 30.6 Å². The Hall–Kier alpha value is -3.40. The Morgan fingerprint density at radius 3 is 2.13 bits per heavy atom. The fourth-order valence-electron chi connectivity index (χ4n) is 4.32. The fraction of sp³-hybridized carbons (Fsp3) is 0.464. The molecular formula is C28H37N3O6S. The molecule has 2 atom stereocenters. The van der Waals surface area contributed by atoms with Crippen LogP contribution in [0.4, 0.5) is 4.79 Å². The van der Waals surface area contributed by atoms with Crippen molar-refractivity contribution in [3.05, 3.63) is 54.1 Å². The quantitative estimate of drug-likeness (QED) is 0.523. The van der Waals surface area contributed by atoms with Gasteiger partial charge in [0.25, 0.3) is 0 Å². The van der Waals surface area contributed by atoms with E-state index in [1.807, 2.05) is 24.3 Å². The molecular weight excluding hydrogens is 506 g/mol. The Balaban J connectivity index is 1.69. The van der Waals surface area contributed by atoms with Crippen LogP contribution in [0.2, 0.25) is 0 Å². The summed E-state index contributed by atoms with van der Waals surface area (Å²) >= 11 is 0. The number of likely N-dealkylation sites (tertiary alicyclic amines) is 1. The molecule has 2 aromatic carbocycles. The van der Waals surface area contributed by atoms with Crippen LogP contribution in [0.3, 0.4) is 0 Å². The zero-order chi connectivity index (χ0) is 28.1. The Labute approximate surface area is 224 Å². The number of carbonyl (C=O) groups is 3. The third-order valence-electron chi connectivity index (χ3n) is 6.41. The van der Waals surface area contributed by atoms with Crippen LogP contribution >= 0.6 is 0 Å². The lowest BCUT2D eigenvalue weighted by Crippen LogP contribution is -2.56. The van der Waals surface area contributed by atoms with Gasteiger partial charge in [0.1, 0.15) is 17.7 Å². The summed E-state index contributed by atoms with van der Waals surface area (Å²) in [6.07, 6.45) is 1.67. The number of primary amides is 1. The standard InChI is InChI=1S/C28H37N3O6S/c1-5-38(35,36)22-15-13-21(14-16-22)20-11-9-19(10-12-20)18-23(25(29)32)30-26(33)24-8-6-7-17-31(24)27(34)37-28(2,3)4/h9-16,23-24H,5-8,17-18H2,1-4H3,(H2,29,32)(H,30,33)/t23-,24-/m0/s1. The lowest BCUT2D eigenvalue weighted by atomic mass is 9.99. The van der Waals surface area contributed by atoms with E-state index in [9.17, 15) is 22.8 Å². The molecule has 1 fully saturated rings. The number of hydrogen-bond acceptors (Lipinski definition) is 6. The highest BCUT2D eigenvalue weighted by atomic mass is 32.2. The Kier molecular flexibility index (Phi) is 9.19. The Bertz CT molecular complexity index is 1250. The molecule has 3 N–H and O–H groups in total.